The van der Waals surface area contributed by atoms with Crippen molar-refractivity contribution >= 4 is 56.2 Å². The molecule has 8 nitrogen and oxygen atoms in total. The number of amides is 1. The Morgan fingerprint density at radius 1 is 1.41 bits per heavy atom. The Balaban J connectivity index is 2.17. The normalized spacial score (nSPS) is 12.0. The van der Waals surface area contributed by atoms with Crippen LogP contribution in [0.4, 0.5) is 5.82 Å². The number of pyridine rings is 1. The Bertz CT molecular complexity index is 1060. The number of nitrogens with zero attached hydrogens (tertiary/aromatic N) is 4. The monoisotopic (exact) mass is 385 g/mol. The second-order valence-electron chi connectivity index (χ2n) is 6.16. The number of aryl methyl sites for hydroxylation is 1. The molecule has 142 valence electrons. The molecule has 0 fully saturated rings. The molecular weight excluding hydrogens is 362 g/mol. The smallest absolute Gasteiger partial charge is 0.222 e. The molecule has 0 radical (unpaired) electrons. The minimum Gasteiger partial charge on any atom is -0.398 e. The molecule has 3 aromatic heterocycles. The maximum Gasteiger partial charge on any atom is 0.222 e. The molecule has 0 unspecified atom stereocenters. The molecule has 3 aromatic rings. The molecule has 27 heavy (non-hydrogen) atoms. The Kier molecular flexibility index (Phi) is 5.13. The highest BCUT2D eigenvalue weighted by Gasteiger charge is 2.20. The lowest BCUT2D eigenvalue weighted by atomic mass is 10.3. The predicted molar refractivity (Wildman–Crippen MR) is 111 cm³/mol. The highest BCUT2D eigenvalue weighted by molar-refractivity contribution is 7.20. The van der Waals surface area contributed by atoms with Crippen molar-refractivity contribution in [1.29, 1.82) is 5.41 Å². The van der Waals surface area contributed by atoms with Gasteiger partial charge in [-0.1, -0.05) is 6.92 Å². The van der Waals surface area contributed by atoms with Crippen LogP contribution in [0.2, 0.25) is 0 Å². The van der Waals surface area contributed by atoms with Crippen molar-refractivity contribution in [1.82, 2.24) is 19.4 Å². The van der Waals surface area contributed by atoms with Gasteiger partial charge in [0.15, 0.2) is 5.82 Å². The first-order valence-corrected chi connectivity index (χ1v) is 9.51. The van der Waals surface area contributed by atoms with Gasteiger partial charge in [-0.2, -0.15) is 0 Å². The number of nitrogens with two attached hydrogens (primary N) is 2. The van der Waals surface area contributed by atoms with Crippen molar-refractivity contribution < 1.29 is 4.79 Å². The zero-order chi connectivity index (χ0) is 19.7. The lowest BCUT2D eigenvalue weighted by Gasteiger charge is -2.19. The maximum atomic E-state index is 12.1. The van der Waals surface area contributed by atoms with Gasteiger partial charge in [-0.15, -0.1) is 11.3 Å². The van der Waals surface area contributed by atoms with E-state index in [1.165, 1.54) is 17.4 Å². The lowest BCUT2D eigenvalue weighted by Crippen LogP contribution is -2.30. The summed E-state index contributed by atoms with van der Waals surface area (Å²) in [5.41, 5.74) is 14.9. The van der Waals surface area contributed by atoms with Gasteiger partial charge in [0.25, 0.3) is 0 Å². The van der Waals surface area contributed by atoms with Gasteiger partial charge in [0.1, 0.15) is 11.3 Å². The first-order chi connectivity index (χ1) is 12.9. The van der Waals surface area contributed by atoms with Gasteiger partial charge in [0.2, 0.25) is 5.91 Å². The number of carbonyl (C=O) groups is 1. The summed E-state index contributed by atoms with van der Waals surface area (Å²) in [4.78, 5) is 23.8. The number of nitrogen functional groups attached to an aromatic ring is 1. The summed E-state index contributed by atoms with van der Waals surface area (Å²) in [6, 6.07) is 1.87. The van der Waals surface area contributed by atoms with Crippen molar-refractivity contribution in [2.24, 2.45) is 12.8 Å². The summed E-state index contributed by atoms with van der Waals surface area (Å²) in [5.74, 6) is 1.19. The van der Waals surface area contributed by atoms with E-state index in [9.17, 15) is 4.79 Å². The van der Waals surface area contributed by atoms with Gasteiger partial charge in [0, 0.05) is 26.2 Å². The minimum absolute atomic E-state index is 0.0868. The molecule has 0 atom stereocenters. The Morgan fingerprint density at radius 2 is 2.15 bits per heavy atom. The maximum absolute atomic E-state index is 12.1. The highest BCUT2D eigenvalue weighted by atomic mass is 32.1. The van der Waals surface area contributed by atoms with Gasteiger partial charge >= 0.3 is 0 Å². The molecule has 0 aliphatic rings. The first-order valence-electron chi connectivity index (χ1n) is 8.69. The fraction of sp³-hybridized carbons (Fsp3) is 0.333. The second kappa shape index (κ2) is 7.36. The van der Waals surface area contributed by atoms with Gasteiger partial charge in [-0.05, 0) is 19.1 Å². The molecule has 5 N–H and O–H groups in total. The van der Waals surface area contributed by atoms with Gasteiger partial charge in [0.05, 0.1) is 32.9 Å². The van der Waals surface area contributed by atoms with Crippen molar-refractivity contribution in [3.8, 4) is 0 Å². The highest BCUT2D eigenvalue weighted by Crippen LogP contribution is 2.35. The van der Waals surface area contributed by atoms with Gasteiger partial charge < -0.3 is 26.3 Å². The Labute approximate surface area is 161 Å². The van der Waals surface area contributed by atoms with E-state index in [-0.39, 0.29) is 5.91 Å². The molecule has 0 saturated heterocycles. The van der Waals surface area contributed by atoms with E-state index in [4.69, 9.17) is 16.9 Å². The number of hydrogen-bond donors (Lipinski definition) is 3. The Hall–Kier alpha value is -2.94. The molecule has 0 aromatic carbocycles. The van der Waals surface area contributed by atoms with E-state index in [0.717, 1.165) is 32.6 Å². The summed E-state index contributed by atoms with van der Waals surface area (Å²) in [6.45, 7) is 4.84. The van der Waals surface area contributed by atoms with E-state index >= 15 is 0 Å². The summed E-state index contributed by atoms with van der Waals surface area (Å²) in [7, 11) is 1.92. The zero-order valence-electron chi connectivity index (χ0n) is 15.6. The SMILES string of the molecule is CCC(=O)N(CC)Cc1nc2c(N)nc3cc(C(N)=CC=N)sc3c2n1C. The fourth-order valence-electron chi connectivity index (χ4n) is 3.03. The molecule has 3 rings (SSSR count). The van der Waals surface area contributed by atoms with Crippen molar-refractivity contribution in [3.63, 3.8) is 0 Å². The number of imidazole rings is 1. The number of nitrogens with one attached hydrogen (secondary N) is 1. The number of aromatic nitrogens is 3. The summed E-state index contributed by atoms with van der Waals surface area (Å²) >= 11 is 1.49. The third kappa shape index (κ3) is 3.25. The van der Waals surface area contributed by atoms with E-state index in [0.29, 0.717) is 36.5 Å². The second-order valence-corrected chi connectivity index (χ2v) is 7.21. The molecule has 0 aliphatic carbocycles. The van der Waals surface area contributed by atoms with Gasteiger partial charge in [-0.25, -0.2) is 9.97 Å². The topological polar surface area (TPSA) is 127 Å². The van der Waals surface area contributed by atoms with Crippen LogP contribution in [0.5, 0.6) is 0 Å². The first kappa shape index (κ1) is 18.8. The third-order valence-electron chi connectivity index (χ3n) is 4.52. The minimum atomic E-state index is 0.0868. The molecule has 0 aliphatic heterocycles. The van der Waals surface area contributed by atoms with Crippen molar-refractivity contribution in [2.45, 2.75) is 26.8 Å². The van der Waals surface area contributed by atoms with Crippen LogP contribution in [-0.2, 0) is 18.4 Å². The standard InChI is InChI=1S/C18H23N7OS/c1-4-14(26)25(5-2)9-13-23-15-16(24(13)3)17-11(22-18(15)21)8-12(27-17)10(20)6-7-19/h6-8,19H,4-5,9,20H2,1-3H3,(H2,21,22). The van der Waals surface area contributed by atoms with Crippen molar-refractivity contribution in [2.75, 3.05) is 12.3 Å². The van der Waals surface area contributed by atoms with Crippen LogP contribution in [0.25, 0.3) is 26.9 Å². The summed E-state index contributed by atoms with van der Waals surface area (Å²) in [6.07, 6.45) is 3.15. The number of rotatable bonds is 6. The number of carbonyl (C=O) groups excluding carboxylic acids is 1. The molecule has 3 heterocycles. The molecule has 9 heteroatoms. The van der Waals surface area contributed by atoms with Crippen LogP contribution in [-0.4, -0.2) is 38.1 Å². The average molecular weight is 385 g/mol. The summed E-state index contributed by atoms with van der Waals surface area (Å²) in [5, 5.41) is 7.19. The molecule has 1 amide bonds. The molecular formula is C18H23N7OS. The fourth-order valence-corrected chi connectivity index (χ4v) is 4.14. The zero-order valence-corrected chi connectivity index (χ0v) is 16.4. The molecule has 0 spiro atoms. The van der Waals surface area contributed by atoms with Crippen LogP contribution in [0, 0.1) is 5.41 Å². The van der Waals surface area contributed by atoms with Gasteiger partial charge in [-0.3, -0.25) is 4.79 Å². The van der Waals surface area contributed by atoms with E-state index in [2.05, 4.69) is 9.97 Å². The number of hydrogen-bond acceptors (Lipinski definition) is 7. The molecule has 0 bridgehead atoms. The van der Waals surface area contributed by atoms with E-state index < -0.39 is 0 Å². The van der Waals surface area contributed by atoms with E-state index in [1.54, 1.807) is 4.90 Å². The van der Waals surface area contributed by atoms with E-state index in [1.807, 2.05) is 31.5 Å². The average Bonchev–Trinajstić information content (AvgIpc) is 3.21. The number of fused-ring (bicyclic) bond motifs is 3. The van der Waals surface area contributed by atoms with Crippen LogP contribution in [0.1, 0.15) is 31.0 Å². The number of thiophene rings is 1. The summed E-state index contributed by atoms with van der Waals surface area (Å²) < 4.78 is 2.90. The third-order valence-corrected chi connectivity index (χ3v) is 5.70. The van der Waals surface area contributed by atoms with Crippen LogP contribution in [0.3, 0.4) is 0 Å². The van der Waals surface area contributed by atoms with Crippen LogP contribution in [0.15, 0.2) is 12.1 Å². The largest absolute Gasteiger partial charge is 0.398 e. The number of allylic oxidation sites excluding steroid dienone is 1. The quantitative estimate of drug-likeness (QED) is 0.562. The lowest BCUT2D eigenvalue weighted by molar-refractivity contribution is -0.131. The Morgan fingerprint density at radius 3 is 2.78 bits per heavy atom. The van der Waals surface area contributed by atoms with Crippen LogP contribution < -0.4 is 11.5 Å². The molecule has 0 saturated carbocycles. The van der Waals surface area contributed by atoms with Crippen LogP contribution >= 0.6 is 11.3 Å². The predicted octanol–water partition coefficient (Wildman–Crippen LogP) is 2.47. The number of anilines is 1. The van der Waals surface area contributed by atoms with Crippen molar-refractivity contribution in [3.05, 3.63) is 22.8 Å².